The normalized spacial score (nSPS) is 13.3. The number of halogens is 3. The number of alkyl halides is 3. The fraction of sp³-hybridized carbons (Fsp3) is 0.875. The highest BCUT2D eigenvalue weighted by atomic mass is 19.4. The maximum atomic E-state index is 13.3. The molecule has 0 saturated carbocycles. The highest BCUT2D eigenvalue weighted by Gasteiger charge is 2.57. The number of hydrogen-bond acceptors (Lipinski definition) is 2. The van der Waals surface area contributed by atoms with Gasteiger partial charge in [-0.2, -0.15) is 13.2 Å². The Morgan fingerprint density at radius 3 is 1.52 bits per heavy atom. The summed E-state index contributed by atoms with van der Waals surface area (Å²) >= 11 is 0. The van der Waals surface area contributed by atoms with Crippen LogP contribution in [0.3, 0.4) is 0 Å². The zero-order chi connectivity index (χ0) is 17.0. The molecule has 0 saturated heterocycles. The molecule has 0 bridgehead atoms. The molecule has 0 aliphatic carbocycles. The summed E-state index contributed by atoms with van der Waals surface area (Å²) in [6, 6.07) is 0. The maximum absolute atomic E-state index is 13.3. The van der Waals surface area contributed by atoms with Crippen LogP contribution in [-0.2, 0) is 9.59 Å². The molecule has 0 spiro atoms. The Balaban J connectivity index is 5.31. The number of carbonyl (C=O) groups excluding carboxylic acids is 2. The van der Waals surface area contributed by atoms with Crippen LogP contribution in [-0.4, -0.2) is 17.7 Å². The van der Waals surface area contributed by atoms with Crippen molar-refractivity contribution in [1.29, 1.82) is 0 Å². The second kappa shape index (κ2) is 7.41. The predicted octanol–water partition coefficient (Wildman–Crippen LogP) is 4.81. The van der Waals surface area contributed by atoms with Crippen molar-refractivity contribution < 1.29 is 22.8 Å². The van der Waals surface area contributed by atoms with Gasteiger partial charge < -0.3 is 0 Å². The van der Waals surface area contributed by atoms with E-state index in [9.17, 15) is 22.8 Å². The third kappa shape index (κ3) is 4.30. The van der Waals surface area contributed by atoms with Gasteiger partial charge >= 0.3 is 6.18 Å². The third-order valence-electron chi connectivity index (χ3n) is 4.43. The molecular weight excluding hydrogens is 281 g/mol. The molecule has 0 rings (SSSR count). The van der Waals surface area contributed by atoms with E-state index in [-0.39, 0.29) is 36.4 Å². The number of ketones is 2. The van der Waals surface area contributed by atoms with E-state index >= 15 is 0 Å². The van der Waals surface area contributed by atoms with E-state index in [1.807, 2.05) is 27.7 Å². The second-order valence-corrected chi connectivity index (χ2v) is 6.37. The molecule has 0 aliphatic rings. The van der Waals surface area contributed by atoms with Gasteiger partial charge in [-0.15, -0.1) is 0 Å². The van der Waals surface area contributed by atoms with Crippen molar-refractivity contribution in [3.05, 3.63) is 0 Å². The number of rotatable bonds is 8. The van der Waals surface area contributed by atoms with Crippen LogP contribution in [0, 0.1) is 23.2 Å². The van der Waals surface area contributed by atoms with Gasteiger partial charge in [-0.05, 0) is 24.7 Å². The minimum absolute atomic E-state index is 0.00818. The molecule has 0 radical (unpaired) electrons. The summed E-state index contributed by atoms with van der Waals surface area (Å²) in [6.45, 7) is 10.1. The van der Waals surface area contributed by atoms with Gasteiger partial charge in [-0.3, -0.25) is 9.59 Å². The fourth-order valence-electron chi connectivity index (χ4n) is 3.16. The topological polar surface area (TPSA) is 34.1 Å². The summed E-state index contributed by atoms with van der Waals surface area (Å²) in [6.07, 6.45) is -5.89. The molecule has 0 heterocycles. The zero-order valence-electron chi connectivity index (χ0n) is 13.8. The van der Waals surface area contributed by atoms with Crippen LogP contribution in [0.1, 0.15) is 60.8 Å². The molecule has 0 atom stereocenters. The van der Waals surface area contributed by atoms with E-state index in [1.54, 1.807) is 0 Å². The van der Waals surface area contributed by atoms with E-state index in [0.717, 1.165) is 0 Å². The number of hydrogen-bond donors (Lipinski definition) is 0. The van der Waals surface area contributed by atoms with Crippen LogP contribution in [0.5, 0.6) is 0 Å². The van der Waals surface area contributed by atoms with Crippen LogP contribution < -0.4 is 0 Å². The SMILES string of the molecule is CCC(CC)(C(=O)CC(=O)C(C(C)C)C(C)C)C(F)(F)F. The molecular formula is C16H27F3O2. The minimum atomic E-state index is -4.61. The van der Waals surface area contributed by atoms with E-state index in [4.69, 9.17) is 0 Å². The van der Waals surface area contributed by atoms with E-state index < -0.39 is 23.8 Å². The molecule has 0 aromatic heterocycles. The fourth-order valence-corrected chi connectivity index (χ4v) is 3.16. The lowest BCUT2D eigenvalue weighted by molar-refractivity contribution is -0.222. The first kappa shape index (κ1) is 20.1. The Kier molecular flexibility index (Phi) is 7.10. The van der Waals surface area contributed by atoms with Gasteiger partial charge in [0.1, 0.15) is 11.2 Å². The average Bonchev–Trinajstić information content (AvgIpc) is 2.27. The van der Waals surface area contributed by atoms with Crippen LogP contribution in [0.25, 0.3) is 0 Å². The molecule has 0 aromatic rings. The smallest absolute Gasteiger partial charge is 0.299 e. The molecule has 2 nitrogen and oxygen atoms in total. The summed E-state index contributed by atoms with van der Waals surface area (Å²) in [5, 5.41) is 0. The van der Waals surface area contributed by atoms with Crippen molar-refractivity contribution in [2.24, 2.45) is 23.2 Å². The second-order valence-electron chi connectivity index (χ2n) is 6.37. The molecule has 0 unspecified atom stereocenters. The quantitative estimate of drug-likeness (QED) is 0.603. The Bertz CT molecular complexity index is 358. The van der Waals surface area contributed by atoms with Crippen molar-refractivity contribution in [2.45, 2.75) is 67.0 Å². The van der Waals surface area contributed by atoms with Gasteiger partial charge in [0.25, 0.3) is 0 Å². The molecule has 0 amide bonds. The number of Topliss-reactive ketones (excluding diaryl/α,β-unsaturated/α-hetero) is 2. The molecule has 5 heteroatoms. The van der Waals surface area contributed by atoms with Crippen molar-refractivity contribution in [2.75, 3.05) is 0 Å². The van der Waals surface area contributed by atoms with E-state index in [0.29, 0.717) is 0 Å². The van der Waals surface area contributed by atoms with Crippen LogP contribution in [0.4, 0.5) is 13.2 Å². The summed E-state index contributed by atoms with van der Waals surface area (Å²) in [7, 11) is 0. The van der Waals surface area contributed by atoms with Gasteiger partial charge in [0.2, 0.25) is 0 Å². The lowest BCUT2D eigenvalue weighted by atomic mass is 9.73. The summed E-state index contributed by atoms with van der Waals surface area (Å²) in [5.41, 5.74) is -2.39. The average molecular weight is 308 g/mol. The van der Waals surface area contributed by atoms with Crippen molar-refractivity contribution in [3.8, 4) is 0 Å². The first-order valence-corrected chi connectivity index (χ1v) is 7.57. The van der Waals surface area contributed by atoms with E-state index in [2.05, 4.69) is 0 Å². The van der Waals surface area contributed by atoms with Gasteiger partial charge in [0.05, 0.1) is 6.42 Å². The highest BCUT2D eigenvalue weighted by molar-refractivity contribution is 6.03. The lowest BCUT2D eigenvalue weighted by Gasteiger charge is -2.33. The van der Waals surface area contributed by atoms with Crippen molar-refractivity contribution in [3.63, 3.8) is 0 Å². The first-order valence-electron chi connectivity index (χ1n) is 7.57. The van der Waals surface area contributed by atoms with Crippen LogP contribution in [0.2, 0.25) is 0 Å². The molecule has 0 aromatic carbocycles. The molecule has 21 heavy (non-hydrogen) atoms. The molecule has 124 valence electrons. The Morgan fingerprint density at radius 2 is 1.29 bits per heavy atom. The standard InChI is InChI=1S/C16H27F3O2/c1-7-15(8-2,16(17,18)19)13(21)9-12(20)14(10(3)4)11(5)6/h10-11,14H,7-9H2,1-6H3. The minimum Gasteiger partial charge on any atom is -0.299 e. The van der Waals surface area contributed by atoms with Gasteiger partial charge in [-0.1, -0.05) is 41.5 Å². The van der Waals surface area contributed by atoms with Crippen LogP contribution in [0.15, 0.2) is 0 Å². The maximum Gasteiger partial charge on any atom is 0.401 e. The largest absolute Gasteiger partial charge is 0.401 e. The molecule has 0 aliphatic heterocycles. The van der Waals surface area contributed by atoms with Gasteiger partial charge in [-0.25, -0.2) is 0 Å². The van der Waals surface area contributed by atoms with Gasteiger partial charge in [0.15, 0.2) is 5.78 Å². The first-order chi connectivity index (χ1) is 9.44. The lowest BCUT2D eigenvalue weighted by Crippen LogP contribution is -2.45. The number of carbonyl (C=O) groups is 2. The van der Waals surface area contributed by atoms with Crippen LogP contribution >= 0.6 is 0 Å². The van der Waals surface area contributed by atoms with E-state index in [1.165, 1.54) is 13.8 Å². The molecule has 0 fully saturated rings. The third-order valence-corrected chi connectivity index (χ3v) is 4.43. The Morgan fingerprint density at radius 1 is 0.905 bits per heavy atom. The Hall–Kier alpha value is -0.870. The van der Waals surface area contributed by atoms with Gasteiger partial charge in [0, 0.05) is 5.92 Å². The monoisotopic (exact) mass is 308 g/mol. The molecule has 0 N–H and O–H groups in total. The summed E-state index contributed by atoms with van der Waals surface area (Å²) in [5.74, 6) is -1.73. The summed E-state index contributed by atoms with van der Waals surface area (Å²) < 4.78 is 39.8. The predicted molar refractivity (Wildman–Crippen MR) is 76.9 cm³/mol. The Labute approximate surface area is 125 Å². The summed E-state index contributed by atoms with van der Waals surface area (Å²) in [4.78, 5) is 24.4. The van der Waals surface area contributed by atoms with Crippen molar-refractivity contribution >= 4 is 11.6 Å². The zero-order valence-corrected chi connectivity index (χ0v) is 13.8. The van der Waals surface area contributed by atoms with Crippen molar-refractivity contribution in [1.82, 2.24) is 0 Å². The highest BCUT2D eigenvalue weighted by Crippen LogP contribution is 2.45.